The van der Waals surface area contributed by atoms with Crippen LogP contribution in [0.15, 0.2) is 0 Å². The van der Waals surface area contributed by atoms with E-state index in [1.165, 1.54) is 0 Å². The molecule has 7 heteroatoms. The third kappa shape index (κ3) is 12.8. The van der Waals surface area contributed by atoms with Crippen LogP contribution in [-0.4, -0.2) is 34.7 Å². The van der Waals surface area contributed by atoms with Crippen molar-refractivity contribution >= 4 is 34.7 Å². The van der Waals surface area contributed by atoms with E-state index in [-0.39, 0.29) is 89.5 Å². The summed E-state index contributed by atoms with van der Waals surface area (Å²) in [6.45, 7) is 16.2. The van der Waals surface area contributed by atoms with E-state index in [9.17, 15) is 28.8 Å². The van der Waals surface area contributed by atoms with Crippen molar-refractivity contribution in [1.82, 2.24) is 0 Å². The van der Waals surface area contributed by atoms with Gasteiger partial charge in [-0.2, -0.15) is 0 Å². The average Bonchev–Trinajstić information content (AvgIpc) is 2.72. The van der Waals surface area contributed by atoms with Gasteiger partial charge in [0.1, 0.15) is 0 Å². The Kier molecular flexibility index (Phi) is 15.7. The quantitative estimate of drug-likeness (QED) is 0.196. The summed E-state index contributed by atoms with van der Waals surface area (Å²) in [4.78, 5) is 74.1. The SMILES string of the molecule is CC(C)C(=O)CC(=O)C(C)[CH2][La]([CH2]C(C)C(=O)CC(=O)C(C)C)[CH2]C(C)C(=O)CC(=O)C(C)C. The van der Waals surface area contributed by atoms with E-state index in [2.05, 4.69) is 0 Å². The van der Waals surface area contributed by atoms with Crippen LogP contribution in [0.2, 0.25) is 8.47 Å². The van der Waals surface area contributed by atoms with Crippen LogP contribution < -0.4 is 0 Å². The zero-order chi connectivity index (χ0) is 26.7. The zero-order valence-electron chi connectivity index (χ0n) is 22.7. The molecule has 0 heterocycles. The molecule has 3 atom stereocenters. The fraction of sp³-hybridized carbons (Fsp3) is 0.778. The molecule has 0 saturated carbocycles. The molecule has 0 aliphatic carbocycles. The third-order valence-corrected chi connectivity index (χ3v) is 19.6. The molecule has 0 saturated heterocycles. The monoisotopic (exact) mass is 604 g/mol. The standard InChI is InChI=1S/3C9H15O2.La/c3*1-6(2)8(10)5-9(11)7(3)4;/h3*6-7H,1,5H2,2-4H3;. The number of hydrogen-bond acceptors (Lipinski definition) is 6. The molecule has 0 aliphatic heterocycles. The second kappa shape index (κ2) is 16.1. The summed E-state index contributed by atoms with van der Waals surface area (Å²) < 4.78 is 2.03. The van der Waals surface area contributed by atoms with Crippen LogP contribution in [0.4, 0.5) is 0 Å². The van der Waals surface area contributed by atoms with E-state index in [0.29, 0.717) is 8.47 Å². The predicted octanol–water partition coefficient (Wildman–Crippen LogP) is 5.32. The van der Waals surface area contributed by atoms with Crippen LogP contribution >= 0.6 is 0 Å². The first kappa shape index (κ1) is 33.2. The number of rotatable bonds is 18. The fourth-order valence-corrected chi connectivity index (χ4v) is 17.5. The van der Waals surface area contributed by atoms with Gasteiger partial charge in [0, 0.05) is 0 Å². The van der Waals surface area contributed by atoms with E-state index in [4.69, 9.17) is 0 Å². The van der Waals surface area contributed by atoms with Crippen molar-refractivity contribution < 1.29 is 58.8 Å². The van der Waals surface area contributed by atoms with E-state index < -0.39 is 30.0 Å². The molecule has 0 bridgehead atoms. The number of carbonyl (C=O) groups excluding carboxylic acids is 6. The van der Waals surface area contributed by atoms with Crippen molar-refractivity contribution in [3.05, 3.63) is 0 Å². The molecule has 0 amide bonds. The molecule has 6 nitrogen and oxygen atoms in total. The van der Waals surface area contributed by atoms with Gasteiger partial charge in [-0.25, -0.2) is 0 Å². The second-order valence-electron chi connectivity index (χ2n) is 11.1. The number of Topliss-reactive ketones (excluding diaryl/α,β-unsaturated/α-hetero) is 6. The summed E-state index contributed by atoms with van der Waals surface area (Å²) in [6, 6.07) is 0. The zero-order valence-corrected chi connectivity index (χ0v) is 26.4. The molecule has 0 spiro atoms. The summed E-state index contributed by atoms with van der Waals surface area (Å²) >= 11 is -2.78. The maximum absolute atomic E-state index is 12.7. The minimum absolute atomic E-state index is 0.0726. The van der Waals surface area contributed by atoms with Crippen LogP contribution in [0.1, 0.15) is 81.6 Å². The van der Waals surface area contributed by atoms with Gasteiger partial charge in [-0.15, -0.1) is 0 Å². The Hall–Kier alpha value is -0.785. The maximum atomic E-state index is 12.7. The summed E-state index contributed by atoms with van der Waals surface area (Å²) in [5.41, 5.74) is 0. The summed E-state index contributed by atoms with van der Waals surface area (Å²) in [6.07, 6.45) is -0.226. The second-order valence-corrected chi connectivity index (χ2v) is 20.9. The van der Waals surface area contributed by atoms with Crippen LogP contribution in [0.25, 0.3) is 0 Å². The normalized spacial score (nSPS) is 14.1. The van der Waals surface area contributed by atoms with Gasteiger partial charge < -0.3 is 0 Å². The van der Waals surface area contributed by atoms with Gasteiger partial charge in [-0.3, -0.25) is 0 Å². The van der Waals surface area contributed by atoms with Gasteiger partial charge in [0.15, 0.2) is 0 Å². The molecule has 192 valence electrons. The van der Waals surface area contributed by atoms with Crippen molar-refractivity contribution in [2.24, 2.45) is 35.5 Å². The molecule has 0 radical (unpaired) electrons. The molecule has 0 rings (SSSR count). The predicted molar refractivity (Wildman–Crippen MR) is 130 cm³/mol. The van der Waals surface area contributed by atoms with Crippen molar-refractivity contribution in [1.29, 1.82) is 0 Å². The Labute approximate surface area is 217 Å². The first-order valence-corrected chi connectivity index (χ1v) is 20.4. The van der Waals surface area contributed by atoms with E-state index in [0.717, 1.165) is 0 Å². The molecule has 0 aromatic rings. The molecule has 0 fully saturated rings. The van der Waals surface area contributed by atoms with Gasteiger partial charge >= 0.3 is 219 Å². The van der Waals surface area contributed by atoms with Gasteiger partial charge in [0.2, 0.25) is 0 Å². The fourth-order valence-electron chi connectivity index (χ4n) is 3.83. The summed E-state index contributed by atoms with van der Waals surface area (Å²) in [7, 11) is 0. The van der Waals surface area contributed by atoms with Crippen LogP contribution in [0, 0.1) is 65.5 Å². The Bertz CT molecular complexity index is 652. The van der Waals surface area contributed by atoms with Crippen molar-refractivity contribution in [3.8, 4) is 0 Å². The topological polar surface area (TPSA) is 102 Å². The van der Waals surface area contributed by atoms with Gasteiger partial charge in [-0.05, 0) is 0 Å². The molecule has 3 unspecified atom stereocenters. The van der Waals surface area contributed by atoms with Crippen molar-refractivity contribution in [2.45, 2.75) is 90.0 Å². The van der Waals surface area contributed by atoms with Crippen molar-refractivity contribution in [2.75, 3.05) is 0 Å². The van der Waals surface area contributed by atoms with Crippen LogP contribution in [-0.2, 0) is 28.8 Å². The summed E-state index contributed by atoms with van der Waals surface area (Å²) in [5, 5.41) is 0. The first-order chi connectivity index (χ1) is 15.6. The Morgan fingerprint density at radius 1 is 0.412 bits per heavy atom. The Balaban J connectivity index is 5.41. The number of ketones is 6. The number of carbonyl (C=O) groups is 6. The molecule has 0 aliphatic rings. The van der Waals surface area contributed by atoms with Gasteiger partial charge in [0.05, 0.1) is 0 Å². The van der Waals surface area contributed by atoms with Gasteiger partial charge in [0.25, 0.3) is 0 Å². The molecular weight excluding hydrogens is 559 g/mol. The minimum atomic E-state index is -2.78. The molecule has 34 heavy (non-hydrogen) atoms. The Morgan fingerprint density at radius 2 is 0.618 bits per heavy atom. The van der Waals surface area contributed by atoms with E-state index in [1.807, 2.05) is 20.8 Å². The molecule has 0 aromatic carbocycles. The first-order valence-electron chi connectivity index (χ1n) is 12.7. The third-order valence-electron chi connectivity index (χ3n) is 6.69. The van der Waals surface area contributed by atoms with E-state index in [1.54, 1.807) is 41.5 Å². The molecule has 0 N–H and O–H groups in total. The van der Waals surface area contributed by atoms with Crippen molar-refractivity contribution in [3.63, 3.8) is 0 Å². The molecule has 0 aromatic heterocycles. The van der Waals surface area contributed by atoms with Gasteiger partial charge in [-0.1, -0.05) is 0 Å². The summed E-state index contributed by atoms with van der Waals surface area (Å²) in [5.74, 6) is -1.87. The Morgan fingerprint density at radius 3 is 0.794 bits per heavy atom. The van der Waals surface area contributed by atoms with Crippen LogP contribution in [0.3, 0.4) is 0 Å². The van der Waals surface area contributed by atoms with Crippen LogP contribution in [0.5, 0.6) is 0 Å². The number of hydrogen-bond donors (Lipinski definition) is 0. The molecular formula is C27H45LaO6. The average molecular weight is 605 g/mol. The van der Waals surface area contributed by atoms with E-state index >= 15 is 0 Å².